The van der Waals surface area contributed by atoms with E-state index in [9.17, 15) is 5.26 Å². The molecule has 3 aromatic rings. The third-order valence-electron chi connectivity index (χ3n) is 8.17. The number of ether oxygens (including phenoxy) is 2. The van der Waals surface area contributed by atoms with Crippen molar-refractivity contribution in [3.63, 3.8) is 0 Å². The van der Waals surface area contributed by atoms with E-state index < -0.39 is 5.41 Å². The minimum absolute atomic E-state index is 0.248. The molecule has 42 heavy (non-hydrogen) atoms. The third kappa shape index (κ3) is 8.00. The fourth-order valence-electron chi connectivity index (χ4n) is 5.68. The van der Waals surface area contributed by atoms with E-state index in [0.29, 0.717) is 50.9 Å². The molecule has 1 aliphatic heterocycles. The number of hydrogen-bond acceptors (Lipinski definition) is 11. The topological polar surface area (TPSA) is 148 Å². The second-order valence-corrected chi connectivity index (χ2v) is 11.6. The highest BCUT2D eigenvalue weighted by molar-refractivity contribution is 5.68. The average molecular weight is 575 g/mol. The summed E-state index contributed by atoms with van der Waals surface area (Å²) in [5.41, 5.74) is 2.61. The minimum Gasteiger partial charge on any atom is -0.381 e. The predicted molar refractivity (Wildman–Crippen MR) is 160 cm³/mol. The summed E-state index contributed by atoms with van der Waals surface area (Å²) in [5.74, 6) is 2.25. The molecule has 4 heterocycles. The summed E-state index contributed by atoms with van der Waals surface area (Å²) in [5, 5.41) is 32.5. The van der Waals surface area contributed by atoms with Gasteiger partial charge in [0.05, 0.1) is 30.8 Å². The van der Waals surface area contributed by atoms with Gasteiger partial charge in [-0.15, -0.1) is 10.2 Å². The highest BCUT2D eigenvalue weighted by Crippen LogP contribution is 2.31. The predicted octanol–water partition coefficient (Wildman–Crippen LogP) is 3.63. The van der Waals surface area contributed by atoms with Gasteiger partial charge >= 0.3 is 0 Å². The van der Waals surface area contributed by atoms with Crippen molar-refractivity contribution in [2.45, 2.75) is 77.1 Å². The highest BCUT2D eigenvalue weighted by atomic mass is 16.5. The van der Waals surface area contributed by atoms with Crippen molar-refractivity contribution in [2.24, 2.45) is 12.5 Å². The maximum absolute atomic E-state index is 9.78. The summed E-state index contributed by atoms with van der Waals surface area (Å²) in [4.78, 5) is 11.0. The summed E-state index contributed by atoms with van der Waals surface area (Å²) < 4.78 is 11.2. The average Bonchev–Trinajstić information content (AvgIpc) is 3.43. The highest BCUT2D eigenvalue weighted by Gasteiger charge is 2.32. The van der Waals surface area contributed by atoms with Crippen LogP contribution in [-0.2, 0) is 23.1 Å². The second-order valence-electron chi connectivity index (χ2n) is 11.6. The number of nitriles is 1. The van der Waals surface area contributed by atoms with Crippen molar-refractivity contribution < 1.29 is 9.47 Å². The Morgan fingerprint density at radius 2 is 1.95 bits per heavy atom. The van der Waals surface area contributed by atoms with Gasteiger partial charge in [0.15, 0.2) is 5.82 Å². The number of hydrogen-bond donors (Lipinski definition) is 3. The van der Waals surface area contributed by atoms with Gasteiger partial charge in [-0.2, -0.15) is 10.1 Å². The Morgan fingerprint density at radius 3 is 2.69 bits per heavy atom. The number of aromatic nitrogens is 6. The molecule has 0 aromatic carbocycles. The monoisotopic (exact) mass is 574 g/mol. The fourth-order valence-corrected chi connectivity index (χ4v) is 5.68. The maximum atomic E-state index is 9.78. The van der Waals surface area contributed by atoms with Gasteiger partial charge in [-0.25, -0.2) is 9.97 Å². The summed E-state index contributed by atoms with van der Waals surface area (Å²) in [7, 11) is 1.75. The van der Waals surface area contributed by atoms with Crippen LogP contribution in [-0.4, -0.2) is 74.7 Å². The van der Waals surface area contributed by atoms with E-state index in [1.54, 1.807) is 7.05 Å². The van der Waals surface area contributed by atoms with Gasteiger partial charge in [0, 0.05) is 49.6 Å². The van der Waals surface area contributed by atoms with E-state index in [4.69, 9.17) is 14.5 Å². The molecule has 2 fully saturated rings. The van der Waals surface area contributed by atoms with E-state index in [1.165, 1.54) is 4.80 Å². The fraction of sp³-hybridized carbons (Fsp3) is 0.600. The maximum Gasteiger partial charge on any atom is 0.200 e. The number of nitrogens with one attached hydrogen (secondary N) is 3. The molecule has 0 radical (unpaired) electrons. The molecule has 1 atom stereocenters. The summed E-state index contributed by atoms with van der Waals surface area (Å²) >= 11 is 0. The van der Waals surface area contributed by atoms with Crippen LogP contribution in [0.1, 0.15) is 56.8 Å². The number of aryl methyl sites for hydroxylation is 2. The Hall–Kier alpha value is -3.66. The zero-order chi connectivity index (χ0) is 29.4. The zero-order valence-corrected chi connectivity index (χ0v) is 24.8. The van der Waals surface area contributed by atoms with Gasteiger partial charge in [0.25, 0.3) is 0 Å². The number of rotatable bonds is 12. The molecular weight excluding hydrogens is 532 g/mol. The lowest BCUT2D eigenvalue weighted by Gasteiger charge is -2.32. The molecule has 224 valence electrons. The Labute approximate surface area is 247 Å². The van der Waals surface area contributed by atoms with Crippen molar-refractivity contribution in [1.82, 2.24) is 35.5 Å². The molecule has 0 bridgehead atoms. The van der Waals surface area contributed by atoms with Crippen LogP contribution in [0.2, 0.25) is 0 Å². The molecule has 5 rings (SSSR count). The van der Waals surface area contributed by atoms with E-state index in [1.807, 2.05) is 24.4 Å². The molecular formula is C30H42N10O2. The Kier molecular flexibility index (Phi) is 9.94. The lowest BCUT2D eigenvalue weighted by Crippen LogP contribution is -2.43. The van der Waals surface area contributed by atoms with E-state index >= 15 is 0 Å². The van der Waals surface area contributed by atoms with Crippen molar-refractivity contribution in [3.8, 4) is 17.3 Å². The van der Waals surface area contributed by atoms with Crippen molar-refractivity contribution >= 4 is 11.6 Å². The normalized spacial score (nSPS) is 20.9. The van der Waals surface area contributed by atoms with Gasteiger partial charge in [0.1, 0.15) is 18.2 Å². The van der Waals surface area contributed by atoms with Crippen molar-refractivity contribution in [3.05, 3.63) is 41.9 Å². The van der Waals surface area contributed by atoms with Gasteiger partial charge < -0.3 is 25.4 Å². The first-order chi connectivity index (χ1) is 20.4. The van der Waals surface area contributed by atoms with E-state index in [2.05, 4.69) is 62.3 Å². The van der Waals surface area contributed by atoms with Gasteiger partial charge in [-0.1, -0.05) is 6.07 Å². The van der Waals surface area contributed by atoms with Crippen LogP contribution in [0.25, 0.3) is 11.3 Å². The molecule has 0 amide bonds. The van der Waals surface area contributed by atoms with E-state index in [-0.39, 0.29) is 6.04 Å². The summed E-state index contributed by atoms with van der Waals surface area (Å²) in [6.45, 7) is 7.01. The molecule has 3 aromatic heterocycles. The molecule has 1 saturated carbocycles. The van der Waals surface area contributed by atoms with Crippen LogP contribution < -0.4 is 16.0 Å². The number of anilines is 2. The van der Waals surface area contributed by atoms with E-state index in [0.717, 1.165) is 67.0 Å². The van der Waals surface area contributed by atoms with Crippen LogP contribution in [0.3, 0.4) is 0 Å². The molecule has 1 saturated heterocycles. The molecule has 2 aliphatic rings. The molecule has 12 nitrogen and oxygen atoms in total. The summed E-state index contributed by atoms with van der Waals surface area (Å²) in [6, 6.07) is 11.7. The number of nitrogens with zero attached hydrogens (tertiary/aromatic N) is 7. The Morgan fingerprint density at radius 1 is 1.17 bits per heavy atom. The third-order valence-corrected chi connectivity index (χ3v) is 8.17. The molecule has 0 spiro atoms. The lowest BCUT2D eigenvalue weighted by molar-refractivity contribution is 0.0455. The van der Waals surface area contributed by atoms with Gasteiger partial charge in [-0.3, -0.25) is 0 Å². The Bertz CT molecular complexity index is 1340. The standard InChI is InChI=1S/C30H42N10O2/c1-21-16-32-28(15-25(21)26-5-4-6-27(36-26)33-20-30(19-31)11-13-41-14-12-30)35-24-9-7-23(8-10-24)34-22(2)17-42-18-29-37-39-40(3)38-29/h4-6,15-16,22-24,34H,7-14,17-18,20H2,1-3H3,(H,32,35)(H,33,36)/t22-,23-,24-/m1/s1. The van der Waals surface area contributed by atoms with Gasteiger partial charge in [0.2, 0.25) is 0 Å². The number of tetrazole rings is 1. The molecule has 0 unspecified atom stereocenters. The number of pyridine rings is 2. The first-order valence-corrected chi connectivity index (χ1v) is 14.9. The van der Waals surface area contributed by atoms with Crippen molar-refractivity contribution in [1.29, 1.82) is 5.26 Å². The Balaban J connectivity index is 1.10. The first kappa shape index (κ1) is 29.8. The summed E-state index contributed by atoms with van der Waals surface area (Å²) in [6.07, 6.45) is 7.73. The largest absolute Gasteiger partial charge is 0.381 e. The zero-order valence-electron chi connectivity index (χ0n) is 24.8. The van der Waals surface area contributed by atoms with Crippen LogP contribution >= 0.6 is 0 Å². The lowest BCUT2D eigenvalue weighted by atomic mass is 9.82. The first-order valence-electron chi connectivity index (χ1n) is 14.9. The minimum atomic E-state index is -0.407. The molecule has 1 aliphatic carbocycles. The van der Waals surface area contributed by atoms with Gasteiger partial charge in [-0.05, 0) is 81.3 Å². The smallest absolute Gasteiger partial charge is 0.200 e. The van der Waals surface area contributed by atoms with Crippen LogP contribution in [0.5, 0.6) is 0 Å². The van der Waals surface area contributed by atoms with Crippen molar-refractivity contribution in [2.75, 3.05) is 37.0 Å². The SMILES string of the molecule is Cc1cnc(N[C@H]2CC[C@H](N[C@H](C)COCc3nnn(C)n3)CC2)cc1-c1cccc(NCC2(C#N)CCOCC2)n1. The molecule has 3 N–H and O–H groups in total. The van der Waals surface area contributed by atoms with Crippen LogP contribution in [0, 0.1) is 23.7 Å². The molecule has 12 heteroatoms. The quantitative estimate of drug-likeness (QED) is 0.291. The van der Waals surface area contributed by atoms with Crippen LogP contribution in [0.15, 0.2) is 30.5 Å². The van der Waals surface area contributed by atoms with Crippen LogP contribution in [0.4, 0.5) is 11.6 Å². The second kappa shape index (κ2) is 14.0.